The van der Waals surface area contributed by atoms with Gasteiger partial charge in [0.15, 0.2) is 0 Å². The third-order valence-corrected chi connectivity index (χ3v) is 4.47. The minimum Gasteiger partial charge on any atom is -0.462 e. The van der Waals surface area contributed by atoms with Crippen molar-refractivity contribution in [3.63, 3.8) is 0 Å². The van der Waals surface area contributed by atoms with Crippen LogP contribution in [0.2, 0.25) is 0 Å². The first-order chi connectivity index (χ1) is 8.17. The second-order valence-electron chi connectivity index (χ2n) is 4.07. The molecule has 0 bridgehead atoms. The average molecular weight is 254 g/mol. The predicted molar refractivity (Wildman–Crippen MR) is 73.0 cm³/mol. The zero-order valence-electron chi connectivity index (χ0n) is 11.2. The quantitative estimate of drug-likeness (QED) is 0.704. The number of rotatable bonds is 6. The molecule has 1 heterocycles. The molecule has 0 aliphatic rings. The Morgan fingerprint density at radius 2 is 1.94 bits per heavy atom. The van der Waals surface area contributed by atoms with E-state index >= 15 is 0 Å². The molecule has 17 heavy (non-hydrogen) atoms. The fraction of sp³-hybridized carbons (Fsp3) is 0.643. The van der Waals surface area contributed by atoms with Crippen molar-refractivity contribution >= 4 is 17.3 Å². The maximum absolute atomic E-state index is 11.8. The second-order valence-corrected chi connectivity index (χ2v) is 5.24. The summed E-state index contributed by atoms with van der Waals surface area (Å²) in [5.74, 6) is 0.409. The van der Waals surface area contributed by atoms with Crippen LogP contribution in [0.5, 0.6) is 0 Å². The molecule has 0 aliphatic carbocycles. The molecule has 1 aromatic rings. The minimum atomic E-state index is -0.169. The lowest BCUT2D eigenvalue weighted by Crippen LogP contribution is -2.05. The van der Waals surface area contributed by atoms with Crippen LogP contribution in [0.1, 0.15) is 66.6 Å². The first kappa shape index (κ1) is 14.2. The summed E-state index contributed by atoms with van der Waals surface area (Å²) in [6.45, 7) is 8.77. The van der Waals surface area contributed by atoms with Gasteiger partial charge in [0.1, 0.15) is 0 Å². The summed E-state index contributed by atoms with van der Waals surface area (Å²) in [5.41, 5.74) is 0.779. The molecular weight excluding hydrogens is 232 g/mol. The maximum atomic E-state index is 11.8. The fourth-order valence-electron chi connectivity index (χ4n) is 1.99. The molecule has 3 heteroatoms. The van der Waals surface area contributed by atoms with Crippen LogP contribution in [-0.2, 0) is 11.2 Å². The molecule has 1 rings (SSSR count). The Morgan fingerprint density at radius 3 is 2.41 bits per heavy atom. The van der Waals surface area contributed by atoms with Crippen molar-refractivity contribution < 1.29 is 9.53 Å². The number of aryl methyl sites for hydroxylation is 1. The number of carbonyl (C=O) groups excluding carboxylic acids is 1. The van der Waals surface area contributed by atoms with Crippen molar-refractivity contribution in [2.45, 2.75) is 52.9 Å². The lowest BCUT2D eigenvalue weighted by atomic mass is 10.0. The lowest BCUT2D eigenvalue weighted by molar-refractivity contribution is 0.0526. The molecule has 0 aliphatic heterocycles. The molecule has 0 fully saturated rings. The van der Waals surface area contributed by atoms with E-state index in [4.69, 9.17) is 4.74 Å². The first-order valence-corrected chi connectivity index (χ1v) is 7.29. The smallest absolute Gasteiger partial charge is 0.339 e. The molecule has 2 nitrogen and oxygen atoms in total. The monoisotopic (exact) mass is 254 g/mol. The summed E-state index contributed by atoms with van der Waals surface area (Å²) in [5, 5.41) is 0. The van der Waals surface area contributed by atoms with Gasteiger partial charge >= 0.3 is 5.97 Å². The molecule has 0 saturated heterocycles. The molecule has 1 aromatic heterocycles. The van der Waals surface area contributed by atoms with Gasteiger partial charge in [0, 0.05) is 9.75 Å². The van der Waals surface area contributed by atoms with E-state index in [1.807, 2.05) is 13.0 Å². The van der Waals surface area contributed by atoms with Crippen LogP contribution in [0.4, 0.5) is 0 Å². The highest BCUT2D eigenvalue weighted by molar-refractivity contribution is 7.12. The van der Waals surface area contributed by atoms with Crippen molar-refractivity contribution in [1.29, 1.82) is 0 Å². The second kappa shape index (κ2) is 6.80. The number of carbonyl (C=O) groups is 1. The number of ether oxygens (including phenoxy) is 1. The van der Waals surface area contributed by atoms with E-state index in [1.54, 1.807) is 11.3 Å². The Balaban J connectivity index is 3.01. The van der Waals surface area contributed by atoms with E-state index in [-0.39, 0.29) is 5.97 Å². The summed E-state index contributed by atoms with van der Waals surface area (Å²) in [6.07, 6.45) is 3.16. The Hall–Kier alpha value is -0.830. The Kier molecular flexibility index (Phi) is 5.69. The Morgan fingerprint density at radius 1 is 1.29 bits per heavy atom. The minimum absolute atomic E-state index is 0.169. The van der Waals surface area contributed by atoms with Crippen LogP contribution in [0, 0.1) is 0 Å². The average Bonchev–Trinajstić information content (AvgIpc) is 2.75. The molecule has 0 amide bonds. The van der Waals surface area contributed by atoms with Gasteiger partial charge in [0.05, 0.1) is 12.2 Å². The van der Waals surface area contributed by atoms with E-state index in [0.717, 1.165) is 29.7 Å². The highest BCUT2D eigenvalue weighted by Gasteiger charge is 2.19. The summed E-state index contributed by atoms with van der Waals surface area (Å²) in [4.78, 5) is 14.3. The SMILES string of the molecule is CCOC(=O)c1cc(C(CC)CC)sc1CC. The van der Waals surface area contributed by atoms with Gasteiger partial charge in [-0.25, -0.2) is 4.79 Å². The third kappa shape index (κ3) is 3.32. The van der Waals surface area contributed by atoms with Gasteiger partial charge in [0.2, 0.25) is 0 Å². The van der Waals surface area contributed by atoms with Gasteiger partial charge in [-0.05, 0) is 38.2 Å². The molecular formula is C14H22O2S. The maximum Gasteiger partial charge on any atom is 0.339 e. The van der Waals surface area contributed by atoms with Gasteiger partial charge in [0.25, 0.3) is 0 Å². The van der Waals surface area contributed by atoms with Crippen molar-refractivity contribution in [3.05, 3.63) is 21.4 Å². The van der Waals surface area contributed by atoms with Crippen LogP contribution >= 0.6 is 11.3 Å². The van der Waals surface area contributed by atoms with E-state index in [9.17, 15) is 4.79 Å². The van der Waals surface area contributed by atoms with Crippen LogP contribution in [-0.4, -0.2) is 12.6 Å². The molecule has 0 N–H and O–H groups in total. The fourth-order valence-corrected chi connectivity index (χ4v) is 3.34. The number of hydrogen-bond acceptors (Lipinski definition) is 3. The van der Waals surface area contributed by atoms with Crippen molar-refractivity contribution in [2.75, 3.05) is 6.61 Å². The van der Waals surface area contributed by atoms with Crippen LogP contribution in [0.15, 0.2) is 6.07 Å². The van der Waals surface area contributed by atoms with Crippen LogP contribution in [0.3, 0.4) is 0 Å². The lowest BCUT2D eigenvalue weighted by Gasteiger charge is -2.08. The predicted octanol–water partition coefficient (Wildman–Crippen LogP) is 4.39. The van der Waals surface area contributed by atoms with E-state index < -0.39 is 0 Å². The van der Waals surface area contributed by atoms with Crippen molar-refractivity contribution in [3.8, 4) is 0 Å². The van der Waals surface area contributed by atoms with Crippen LogP contribution < -0.4 is 0 Å². The zero-order chi connectivity index (χ0) is 12.8. The van der Waals surface area contributed by atoms with E-state index in [2.05, 4.69) is 20.8 Å². The largest absolute Gasteiger partial charge is 0.462 e. The standard InChI is InChI=1S/C14H22O2S/c1-5-10(6-2)13-9-11(12(7-3)17-13)14(15)16-8-4/h9-10H,5-8H2,1-4H3. The zero-order valence-corrected chi connectivity index (χ0v) is 12.0. The van der Waals surface area contributed by atoms with Gasteiger partial charge in [-0.2, -0.15) is 0 Å². The van der Waals surface area contributed by atoms with E-state index in [0.29, 0.717) is 12.5 Å². The molecule has 0 radical (unpaired) electrons. The van der Waals surface area contributed by atoms with Gasteiger partial charge in [-0.1, -0.05) is 20.8 Å². The van der Waals surface area contributed by atoms with Gasteiger partial charge in [-0.15, -0.1) is 11.3 Å². The third-order valence-electron chi connectivity index (χ3n) is 3.03. The summed E-state index contributed by atoms with van der Waals surface area (Å²) in [7, 11) is 0. The van der Waals surface area contributed by atoms with Crippen LogP contribution in [0.25, 0.3) is 0 Å². The van der Waals surface area contributed by atoms with Crippen molar-refractivity contribution in [1.82, 2.24) is 0 Å². The van der Waals surface area contributed by atoms with Gasteiger partial charge in [-0.3, -0.25) is 0 Å². The highest BCUT2D eigenvalue weighted by Crippen LogP contribution is 2.33. The molecule has 0 unspecified atom stereocenters. The summed E-state index contributed by atoms with van der Waals surface area (Å²) >= 11 is 1.77. The molecule has 0 atom stereocenters. The molecule has 96 valence electrons. The van der Waals surface area contributed by atoms with Gasteiger partial charge < -0.3 is 4.74 Å². The first-order valence-electron chi connectivity index (χ1n) is 6.47. The highest BCUT2D eigenvalue weighted by atomic mass is 32.1. The summed E-state index contributed by atoms with van der Waals surface area (Å²) in [6, 6.07) is 2.04. The molecule has 0 aromatic carbocycles. The summed E-state index contributed by atoms with van der Waals surface area (Å²) < 4.78 is 5.10. The Labute approximate surface area is 108 Å². The van der Waals surface area contributed by atoms with E-state index in [1.165, 1.54) is 4.88 Å². The molecule has 0 spiro atoms. The number of hydrogen-bond donors (Lipinski definition) is 0. The number of thiophene rings is 1. The topological polar surface area (TPSA) is 26.3 Å². The molecule has 0 saturated carbocycles. The van der Waals surface area contributed by atoms with Crippen molar-refractivity contribution in [2.24, 2.45) is 0 Å². The Bertz CT molecular complexity index is 364. The normalized spacial score (nSPS) is 10.9. The number of esters is 1.